The number of rotatable bonds is 3. The maximum Gasteiger partial charge on any atom is 0.0521 e. The van der Waals surface area contributed by atoms with Gasteiger partial charge in [0.1, 0.15) is 0 Å². The highest BCUT2D eigenvalue weighted by atomic mass is 15.2. The Morgan fingerprint density at radius 2 is 2.29 bits per heavy atom. The van der Waals surface area contributed by atoms with Gasteiger partial charge in [-0.2, -0.15) is 5.10 Å². The summed E-state index contributed by atoms with van der Waals surface area (Å²) in [7, 11) is 1.97. The molecule has 1 aliphatic carbocycles. The number of aryl methyl sites for hydroxylation is 2. The molecule has 1 saturated carbocycles. The van der Waals surface area contributed by atoms with Crippen LogP contribution < -0.4 is 5.73 Å². The molecule has 2 N–H and O–H groups in total. The molecule has 0 amide bonds. The Morgan fingerprint density at radius 1 is 1.53 bits per heavy atom. The molecule has 0 saturated heterocycles. The number of hydrogen-bond acceptors (Lipinski definition) is 2. The highest BCUT2D eigenvalue weighted by molar-refractivity contribution is 5.06. The van der Waals surface area contributed by atoms with E-state index >= 15 is 0 Å². The van der Waals surface area contributed by atoms with Gasteiger partial charge in [-0.25, -0.2) is 0 Å². The molecule has 0 spiro atoms. The Labute approximate surface area is 104 Å². The third-order valence-electron chi connectivity index (χ3n) is 4.70. The summed E-state index contributed by atoms with van der Waals surface area (Å²) >= 11 is 0. The summed E-state index contributed by atoms with van der Waals surface area (Å²) in [6, 6.07) is 0. The minimum atomic E-state index is 0.0352. The number of aromatic nitrogens is 2. The van der Waals surface area contributed by atoms with Crippen LogP contribution in [0.4, 0.5) is 0 Å². The topological polar surface area (TPSA) is 43.8 Å². The molecule has 1 fully saturated rings. The molecular formula is C14H25N3. The number of nitrogens with two attached hydrogens (primary N) is 1. The lowest BCUT2D eigenvalue weighted by Gasteiger charge is -2.43. The van der Waals surface area contributed by atoms with E-state index in [1.54, 1.807) is 0 Å². The fraction of sp³-hybridized carbons (Fsp3) is 0.786. The van der Waals surface area contributed by atoms with E-state index in [0.29, 0.717) is 5.92 Å². The van der Waals surface area contributed by atoms with E-state index in [0.717, 1.165) is 18.8 Å². The third-order valence-corrected chi connectivity index (χ3v) is 4.70. The molecule has 3 atom stereocenters. The molecule has 17 heavy (non-hydrogen) atoms. The summed E-state index contributed by atoms with van der Waals surface area (Å²) < 4.78 is 1.87. The molecule has 0 radical (unpaired) electrons. The first-order valence-corrected chi connectivity index (χ1v) is 6.78. The van der Waals surface area contributed by atoms with Gasteiger partial charge < -0.3 is 5.73 Å². The Hall–Kier alpha value is -0.830. The van der Waals surface area contributed by atoms with Crippen molar-refractivity contribution in [3.05, 3.63) is 18.0 Å². The SMILES string of the molecule is CC1CCCC(N)(CCc2cnn(C)c2)C1C. The zero-order valence-corrected chi connectivity index (χ0v) is 11.3. The molecule has 0 aliphatic heterocycles. The van der Waals surface area contributed by atoms with Gasteiger partial charge in [0.25, 0.3) is 0 Å². The van der Waals surface area contributed by atoms with Crippen LogP contribution in [-0.4, -0.2) is 15.3 Å². The van der Waals surface area contributed by atoms with Crippen LogP contribution in [0.25, 0.3) is 0 Å². The summed E-state index contributed by atoms with van der Waals surface area (Å²) in [6.07, 6.45) is 10.0. The first kappa shape index (κ1) is 12.6. The summed E-state index contributed by atoms with van der Waals surface area (Å²) in [6.45, 7) is 4.67. The van der Waals surface area contributed by atoms with Gasteiger partial charge in [0.2, 0.25) is 0 Å². The molecule has 1 aromatic heterocycles. The van der Waals surface area contributed by atoms with Gasteiger partial charge >= 0.3 is 0 Å². The van der Waals surface area contributed by atoms with Crippen molar-refractivity contribution < 1.29 is 0 Å². The molecule has 1 aromatic rings. The summed E-state index contributed by atoms with van der Waals surface area (Å²) in [5, 5.41) is 4.21. The van der Waals surface area contributed by atoms with E-state index in [2.05, 4.69) is 25.1 Å². The van der Waals surface area contributed by atoms with Crippen molar-refractivity contribution in [3.8, 4) is 0 Å². The molecule has 0 aromatic carbocycles. The lowest BCUT2D eigenvalue weighted by atomic mass is 9.67. The van der Waals surface area contributed by atoms with Gasteiger partial charge in [-0.3, -0.25) is 4.68 Å². The van der Waals surface area contributed by atoms with E-state index < -0.39 is 0 Å². The van der Waals surface area contributed by atoms with Crippen molar-refractivity contribution in [1.82, 2.24) is 9.78 Å². The molecule has 96 valence electrons. The highest BCUT2D eigenvalue weighted by Gasteiger charge is 2.37. The summed E-state index contributed by atoms with van der Waals surface area (Å²) in [4.78, 5) is 0. The van der Waals surface area contributed by atoms with Gasteiger partial charge in [-0.15, -0.1) is 0 Å². The van der Waals surface area contributed by atoms with Gasteiger partial charge in [0, 0.05) is 18.8 Å². The van der Waals surface area contributed by atoms with Crippen molar-refractivity contribution in [2.45, 2.75) is 51.5 Å². The van der Waals surface area contributed by atoms with Crippen LogP contribution in [0.2, 0.25) is 0 Å². The smallest absolute Gasteiger partial charge is 0.0521 e. The largest absolute Gasteiger partial charge is 0.325 e. The standard InChI is InChI=1S/C14H25N3/c1-11-5-4-7-14(15,12(11)2)8-6-13-9-16-17(3)10-13/h9-12H,4-8,15H2,1-3H3. The van der Waals surface area contributed by atoms with Crippen molar-refractivity contribution in [1.29, 1.82) is 0 Å². The minimum absolute atomic E-state index is 0.0352. The van der Waals surface area contributed by atoms with Gasteiger partial charge in [-0.05, 0) is 36.7 Å². The van der Waals surface area contributed by atoms with E-state index in [1.165, 1.54) is 24.8 Å². The Morgan fingerprint density at radius 3 is 2.94 bits per heavy atom. The molecule has 3 heteroatoms. The highest BCUT2D eigenvalue weighted by Crippen LogP contribution is 2.38. The maximum atomic E-state index is 6.62. The predicted molar refractivity (Wildman–Crippen MR) is 70.6 cm³/mol. The van der Waals surface area contributed by atoms with Crippen LogP contribution in [0.15, 0.2) is 12.4 Å². The monoisotopic (exact) mass is 235 g/mol. The summed E-state index contributed by atoms with van der Waals surface area (Å²) in [5.74, 6) is 1.40. The molecule has 1 heterocycles. The van der Waals surface area contributed by atoms with E-state index in [4.69, 9.17) is 5.73 Å². The average Bonchev–Trinajstić information content (AvgIpc) is 2.70. The van der Waals surface area contributed by atoms with E-state index in [9.17, 15) is 0 Å². The molecule has 3 unspecified atom stereocenters. The van der Waals surface area contributed by atoms with E-state index in [-0.39, 0.29) is 5.54 Å². The molecule has 2 rings (SSSR count). The van der Waals surface area contributed by atoms with Crippen molar-refractivity contribution in [2.75, 3.05) is 0 Å². The molecule has 1 aliphatic rings. The third kappa shape index (κ3) is 2.71. The van der Waals surface area contributed by atoms with Crippen LogP contribution >= 0.6 is 0 Å². The molecular weight excluding hydrogens is 210 g/mol. The van der Waals surface area contributed by atoms with Crippen molar-refractivity contribution >= 4 is 0 Å². The quantitative estimate of drug-likeness (QED) is 0.875. The zero-order valence-electron chi connectivity index (χ0n) is 11.3. The van der Waals surface area contributed by atoms with Gasteiger partial charge in [-0.1, -0.05) is 26.7 Å². The first-order valence-electron chi connectivity index (χ1n) is 6.78. The lowest BCUT2D eigenvalue weighted by Crippen LogP contribution is -2.51. The maximum absolute atomic E-state index is 6.62. The molecule has 0 bridgehead atoms. The second kappa shape index (κ2) is 4.81. The van der Waals surface area contributed by atoms with E-state index in [1.807, 2.05) is 17.9 Å². The minimum Gasteiger partial charge on any atom is -0.325 e. The zero-order chi connectivity index (χ0) is 12.5. The predicted octanol–water partition coefficient (Wildman–Crippen LogP) is 2.51. The van der Waals surface area contributed by atoms with Crippen LogP contribution in [0.3, 0.4) is 0 Å². The number of hydrogen-bond donors (Lipinski definition) is 1. The lowest BCUT2D eigenvalue weighted by molar-refractivity contribution is 0.135. The Bertz CT molecular complexity index is 371. The van der Waals surface area contributed by atoms with Crippen molar-refractivity contribution in [2.24, 2.45) is 24.6 Å². The normalized spacial score (nSPS) is 33.9. The van der Waals surface area contributed by atoms with Crippen LogP contribution in [0, 0.1) is 11.8 Å². The fourth-order valence-electron chi connectivity index (χ4n) is 3.13. The fourth-order valence-corrected chi connectivity index (χ4v) is 3.13. The Kier molecular flexibility index (Phi) is 3.57. The Balaban J connectivity index is 1.97. The van der Waals surface area contributed by atoms with Crippen molar-refractivity contribution in [3.63, 3.8) is 0 Å². The second-order valence-corrected chi connectivity index (χ2v) is 5.91. The van der Waals surface area contributed by atoms with Gasteiger partial charge in [0.15, 0.2) is 0 Å². The average molecular weight is 235 g/mol. The second-order valence-electron chi connectivity index (χ2n) is 5.91. The van der Waals surface area contributed by atoms with Crippen LogP contribution in [0.5, 0.6) is 0 Å². The van der Waals surface area contributed by atoms with Gasteiger partial charge in [0.05, 0.1) is 6.20 Å². The summed E-state index contributed by atoms with van der Waals surface area (Å²) in [5.41, 5.74) is 7.96. The number of nitrogens with zero attached hydrogens (tertiary/aromatic N) is 2. The molecule has 3 nitrogen and oxygen atoms in total. The first-order chi connectivity index (χ1) is 8.01. The van der Waals surface area contributed by atoms with Crippen LogP contribution in [-0.2, 0) is 13.5 Å². The van der Waals surface area contributed by atoms with Crippen LogP contribution in [0.1, 0.15) is 45.1 Å².